The molecule has 0 saturated heterocycles. The van der Waals surface area contributed by atoms with Crippen molar-refractivity contribution in [3.8, 4) is 5.75 Å². The highest BCUT2D eigenvalue weighted by Crippen LogP contribution is 2.16. The van der Waals surface area contributed by atoms with Gasteiger partial charge in [-0.15, -0.1) is 0 Å². The van der Waals surface area contributed by atoms with E-state index in [-0.39, 0.29) is 6.10 Å². The minimum Gasteiger partial charge on any atom is -0.489 e. The summed E-state index contributed by atoms with van der Waals surface area (Å²) >= 11 is 0. The molecule has 0 aliphatic carbocycles. The van der Waals surface area contributed by atoms with Crippen LogP contribution in [0.5, 0.6) is 5.75 Å². The van der Waals surface area contributed by atoms with Crippen molar-refractivity contribution in [3.05, 3.63) is 29.8 Å². The zero-order chi connectivity index (χ0) is 12.7. The Morgan fingerprint density at radius 3 is 2.35 bits per heavy atom. The Morgan fingerprint density at radius 2 is 1.82 bits per heavy atom. The molecule has 0 heterocycles. The van der Waals surface area contributed by atoms with Crippen LogP contribution in [0.25, 0.3) is 0 Å². The number of nitrogens with one attached hydrogen (secondary N) is 1. The molecule has 0 saturated carbocycles. The van der Waals surface area contributed by atoms with Crippen LogP contribution in [0.1, 0.15) is 32.8 Å². The number of benzene rings is 1. The number of hydrogen-bond donors (Lipinski definition) is 1. The minimum atomic E-state index is 0.240. The lowest BCUT2D eigenvalue weighted by atomic mass is 10.1. The van der Waals surface area contributed by atoms with E-state index in [0.29, 0.717) is 5.92 Å². The number of rotatable bonds is 7. The standard InChI is InChI=1S/C15H25NO/c1-5-10-16-11-15(12(2)3)17-14-8-6-13(4)7-9-14/h6-9,12,15-16H,5,10-11H2,1-4H3. The number of hydrogen-bond acceptors (Lipinski definition) is 2. The molecular formula is C15H25NO. The van der Waals surface area contributed by atoms with E-state index >= 15 is 0 Å². The number of aryl methyl sites for hydroxylation is 1. The Hall–Kier alpha value is -1.02. The highest BCUT2D eigenvalue weighted by Gasteiger charge is 2.14. The molecule has 2 nitrogen and oxygen atoms in total. The van der Waals surface area contributed by atoms with Gasteiger partial charge in [-0.05, 0) is 37.9 Å². The molecule has 0 fully saturated rings. The van der Waals surface area contributed by atoms with Crippen LogP contribution in [0.3, 0.4) is 0 Å². The maximum Gasteiger partial charge on any atom is 0.119 e. The van der Waals surface area contributed by atoms with Gasteiger partial charge in [0.2, 0.25) is 0 Å². The predicted molar refractivity (Wildman–Crippen MR) is 73.6 cm³/mol. The Labute approximate surface area is 105 Å². The lowest BCUT2D eigenvalue weighted by Gasteiger charge is -2.23. The molecule has 1 atom stereocenters. The molecular weight excluding hydrogens is 210 g/mol. The van der Waals surface area contributed by atoms with Crippen LogP contribution in [-0.2, 0) is 0 Å². The molecule has 0 aliphatic rings. The van der Waals surface area contributed by atoms with Gasteiger partial charge in [0.05, 0.1) is 0 Å². The van der Waals surface area contributed by atoms with Crippen molar-refractivity contribution in [2.75, 3.05) is 13.1 Å². The molecule has 0 amide bonds. The quantitative estimate of drug-likeness (QED) is 0.731. The average Bonchev–Trinajstić information content (AvgIpc) is 2.30. The molecule has 1 aromatic rings. The highest BCUT2D eigenvalue weighted by molar-refractivity contribution is 5.26. The largest absolute Gasteiger partial charge is 0.489 e. The SMILES string of the molecule is CCCNCC(Oc1ccc(C)cc1)C(C)C. The smallest absolute Gasteiger partial charge is 0.119 e. The first kappa shape index (κ1) is 14.0. The fraction of sp³-hybridized carbons (Fsp3) is 0.600. The second-order valence-corrected chi connectivity index (χ2v) is 4.92. The minimum absolute atomic E-state index is 0.240. The van der Waals surface area contributed by atoms with Crippen molar-refractivity contribution >= 4 is 0 Å². The van der Waals surface area contributed by atoms with E-state index in [1.54, 1.807) is 0 Å². The van der Waals surface area contributed by atoms with E-state index in [1.807, 2.05) is 12.1 Å². The normalized spacial score (nSPS) is 12.8. The number of ether oxygens (including phenoxy) is 1. The fourth-order valence-corrected chi connectivity index (χ4v) is 1.63. The molecule has 0 radical (unpaired) electrons. The van der Waals surface area contributed by atoms with Gasteiger partial charge in [0.15, 0.2) is 0 Å². The fourth-order valence-electron chi connectivity index (χ4n) is 1.63. The van der Waals surface area contributed by atoms with E-state index in [9.17, 15) is 0 Å². The summed E-state index contributed by atoms with van der Waals surface area (Å²) in [6.07, 6.45) is 1.40. The molecule has 2 heteroatoms. The van der Waals surface area contributed by atoms with Gasteiger partial charge in [0.1, 0.15) is 11.9 Å². The van der Waals surface area contributed by atoms with Crippen molar-refractivity contribution in [1.29, 1.82) is 0 Å². The van der Waals surface area contributed by atoms with Gasteiger partial charge in [-0.3, -0.25) is 0 Å². The maximum atomic E-state index is 6.01. The van der Waals surface area contributed by atoms with Crippen LogP contribution in [-0.4, -0.2) is 19.2 Å². The monoisotopic (exact) mass is 235 g/mol. The van der Waals surface area contributed by atoms with Gasteiger partial charge in [-0.2, -0.15) is 0 Å². The van der Waals surface area contributed by atoms with Crippen LogP contribution >= 0.6 is 0 Å². The Balaban J connectivity index is 2.51. The van der Waals surface area contributed by atoms with Gasteiger partial charge in [-0.1, -0.05) is 38.5 Å². The lowest BCUT2D eigenvalue weighted by molar-refractivity contribution is 0.149. The van der Waals surface area contributed by atoms with Crippen molar-refractivity contribution in [1.82, 2.24) is 5.32 Å². The van der Waals surface area contributed by atoms with E-state index in [2.05, 4.69) is 45.1 Å². The summed E-state index contributed by atoms with van der Waals surface area (Å²) < 4.78 is 6.01. The van der Waals surface area contributed by atoms with Crippen LogP contribution in [0, 0.1) is 12.8 Å². The van der Waals surface area contributed by atoms with E-state index in [0.717, 1.165) is 25.3 Å². The third-order valence-corrected chi connectivity index (χ3v) is 2.82. The van der Waals surface area contributed by atoms with Gasteiger partial charge in [0.25, 0.3) is 0 Å². The molecule has 1 aromatic carbocycles. The van der Waals surface area contributed by atoms with Gasteiger partial charge >= 0.3 is 0 Å². The lowest BCUT2D eigenvalue weighted by Crippen LogP contribution is -2.35. The Bertz CT molecular complexity index is 305. The molecule has 1 unspecified atom stereocenters. The van der Waals surface area contributed by atoms with Crippen molar-refractivity contribution in [2.45, 2.75) is 40.2 Å². The molecule has 0 bridgehead atoms. The summed E-state index contributed by atoms with van der Waals surface area (Å²) in [5.74, 6) is 1.48. The second kappa shape index (κ2) is 7.33. The van der Waals surface area contributed by atoms with Crippen LogP contribution in [0.2, 0.25) is 0 Å². The summed E-state index contributed by atoms with van der Waals surface area (Å²) in [5, 5.41) is 3.42. The Morgan fingerprint density at radius 1 is 1.18 bits per heavy atom. The zero-order valence-electron chi connectivity index (χ0n) is 11.5. The summed E-state index contributed by atoms with van der Waals surface area (Å²) in [5.41, 5.74) is 1.27. The average molecular weight is 235 g/mol. The van der Waals surface area contributed by atoms with Crippen LogP contribution in [0.4, 0.5) is 0 Å². The molecule has 0 spiro atoms. The first-order chi connectivity index (χ1) is 8.13. The summed E-state index contributed by atoms with van der Waals surface area (Å²) in [6, 6.07) is 8.27. The van der Waals surface area contributed by atoms with E-state index < -0.39 is 0 Å². The summed E-state index contributed by atoms with van der Waals surface area (Å²) in [7, 11) is 0. The first-order valence-electron chi connectivity index (χ1n) is 6.57. The molecule has 17 heavy (non-hydrogen) atoms. The Kier molecular flexibility index (Phi) is 6.06. The molecule has 96 valence electrons. The van der Waals surface area contributed by atoms with E-state index in [1.165, 1.54) is 5.56 Å². The van der Waals surface area contributed by atoms with Crippen LogP contribution in [0.15, 0.2) is 24.3 Å². The third kappa shape index (κ3) is 5.22. The molecule has 1 N–H and O–H groups in total. The van der Waals surface area contributed by atoms with E-state index in [4.69, 9.17) is 4.74 Å². The van der Waals surface area contributed by atoms with Crippen molar-refractivity contribution in [3.63, 3.8) is 0 Å². The molecule has 0 aromatic heterocycles. The van der Waals surface area contributed by atoms with Gasteiger partial charge < -0.3 is 10.1 Å². The second-order valence-electron chi connectivity index (χ2n) is 4.92. The summed E-state index contributed by atoms with van der Waals surface area (Å²) in [6.45, 7) is 10.6. The maximum absolute atomic E-state index is 6.01. The highest BCUT2D eigenvalue weighted by atomic mass is 16.5. The molecule has 1 rings (SSSR count). The third-order valence-electron chi connectivity index (χ3n) is 2.82. The molecule has 0 aliphatic heterocycles. The summed E-state index contributed by atoms with van der Waals surface area (Å²) in [4.78, 5) is 0. The zero-order valence-corrected chi connectivity index (χ0v) is 11.5. The van der Waals surface area contributed by atoms with Gasteiger partial charge in [-0.25, -0.2) is 0 Å². The van der Waals surface area contributed by atoms with Gasteiger partial charge in [0, 0.05) is 6.54 Å². The van der Waals surface area contributed by atoms with Crippen LogP contribution < -0.4 is 10.1 Å². The van der Waals surface area contributed by atoms with Crippen molar-refractivity contribution < 1.29 is 4.74 Å². The predicted octanol–water partition coefficient (Wildman–Crippen LogP) is 3.40. The first-order valence-corrected chi connectivity index (χ1v) is 6.57. The van der Waals surface area contributed by atoms with Crippen molar-refractivity contribution in [2.24, 2.45) is 5.92 Å². The topological polar surface area (TPSA) is 21.3 Å².